The maximum atomic E-state index is 13.2. The minimum atomic E-state index is -0.299. The number of amides is 2. The normalized spacial score (nSPS) is 23.4. The van der Waals surface area contributed by atoms with E-state index < -0.39 is 0 Å². The molecule has 3 atom stereocenters. The number of carbonyl (C=O) groups excluding carboxylic acids is 2. The van der Waals surface area contributed by atoms with Crippen LogP contribution in [0.5, 0.6) is 0 Å². The molecule has 0 aromatic heterocycles. The van der Waals surface area contributed by atoms with Crippen molar-refractivity contribution in [2.75, 3.05) is 13.2 Å². The van der Waals surface area contributed by atoms with Crippen molar-refractivity contribution in [3.63, 3.8) is 0 Å². The molecule has 1 aliphatic carbocycles. The van der Waals surface area contributed by atoms with Crippen LogP contribution in [0, 0.1) is 11.7 Å². The van der Waals surface area contributed by atoms with Gasteiger partial charge in [-0.3, -0.25) is 9.59 Å². The summed E-state index contributed by atoms with van der Waals surface area (Å²) in [6.45, 7) is 1.75. The van der Waals surface area contributed by atoms with E-state index in [4.69, 9.17) is 0 Å². The number of nitrogens with one attached hydrogen (secondary N) is 1. The Morgan fingerprint density at radius 3 is 2.14 bits per heavy atom. The Morgan fingerprint density at radius 1 is 1.03 bits per heavy atom. The number of likely N-dealkylation sites (tertiary alicyclic amines) is 1. The molecule has 2 fully saturated rings. The molecule has 2 amide bonds. The summed E-state index contributed by atoms with van der Waals surface area (Å²) >= 11 is 0. The highest BCUT2D eigenvalue weighted by atomic mass is 19.1. The summed E-state index contributed by atoms with van der Waals surface area (Å²) in [6, 6.07) is 13.8. The van der Waals surface area contributed by atoms with E-state index in [0.29, 0.717) is 6.54 Å². The predicted molar refractivity (Wildman–Crippen MR) is 107 cm³/mol. The lowest BCUT2D eigenvalue weighted by molar-refractivity contribution is -0.148. The molecule has 6 heteroatoms. The van der Waals surface area contributed by atoms with Crippen molar-refractivity contribution in [3.8, 4) is 11.1 Å². The third-order valence-electron chi connectivity index (χ3n) is 6.00. The second-order valence-corrected chi connectivity index (χ2v) is 7.92. The fourth-order valence-corrected chi connectivity index (χ4v) is 4.32. The van der Waals surface area contributed by atoms with Gasteiger partial charge in [-0.25, -0.2) is 4.39 Å². The molecule has 1 aliphatic heterocycles. The highest BCUT2D eigenvalue weighted by molar-refractivity contribution is 5.81. The second-order valence-electron chi connectivity index (χ2n) is 7.92. The first-order chi connectivity index (χ1) is 14.0. The topological polar surface area (TPSA) is 69.6 Å². The number of rotatable bonds is 6. The third kappa shape index (κ3) is 3.90. The molecule has 2 aliphatic rings. The van der Waals surface area contributed by atoms with Gasteiger partial charge in [0.05, 0.1) is 18.7 Å². The van der Waals surface area contributed by atoms with Crippen LogP contribution in [0.3, 0.4) is 0 Å². The molecule has 29 heavy (non-hydrogen) atoms. The average molecular weight is 396 g/mol. The first kappa shape index (κ1) is 19.6. The molecule has 1 heterocycles. The van der Waals surface area contributed by atoms with Gasteiger partial charge in [0.2, 0.25) is 11.8 Å². The molecule has 2 N–H and O–H groups in total. The molecule has 4 rings (SSSR count). The van der Waals surface area contributed by atoms with E-state index in [9.17, 15) is 19.1 Å². The second kappa shape index (κ2) is 7.95. The zero-order chi connectivity index (χ0) is 20.5. The number of aliphatic hydroxyl groups is 1. The van der Waals surface area contributed by atoms with Crippen molar-refractivity contribution in [3.05, 3.63) is 59.9 Å². The van der Waals surface area contributed by atoms with Crippen LogP contribution in [0.1, 0.15) is 31.2 Å². The summed E-state index contributed by atoms with van der Waals surface area (Å²) < 4.78 is 13.2. The van der Waals surface area contributed by atoms with Gasteiger partial charge in [-0.15, -0.1) is 0 Å². The van der Waals surface area contributed by atoms with Crippen molar-refractivity contribution >= 4 is 11.8 Å². The molecule has 1 saturated heterocycles. The summed E-state index contributed by atoms with van der Waals surface area (Å²) in [5.41, 5.74) is 2.90. The van der Waals surface area contributed by atoms with Crippen molar-refractivity contribution in [1.29, 1.82) is 0 Å². The van der Waals surface area contributed by atoms with Gasteiger partial charge in [-0.2, -0.15) is 0 Å². The summed E-state index contributed by atoms with van der Waals surface area (Å²) in [6.07, 6.45) is 1.86. The van der Waals surface area contributed by atoms with Gasteiger partial charge in [-0.05, 0) is 41.7 Å². The van der Waals surface area contributed by atoms with E-state index in [-0.39, 0.29) is 48.2 Å². The van der Waals surface area contributed by atoms with Crippen molar-refractivity contribution in [1.82, 2.24) is 10.2 Å². The monoisotopic (exact) mass is 396 g/mol. The Kier molecular flexibility index (Phi) is 5.37. The number of benzene rings is 2. The van der Waals surface area contributed by atoms with E-state index in [0.717, 1.165) is 29.5 Å². The number of carbonyl (C=O) groups is 2. The molecule has 0 spiro atoms. The van der Waals surface area contributed by atoms with Crippen molar-refractivity contribution in [2.24, 2.45) is 5.92 Å². The van der Waals surface area contributed by atoms with Gasteiger partial charge < -0.3 is 15.3 Å². The molecule has 0 radical (unpaired) electrons. The molecule has 0 bridgehead atoms. The highest BCUT2D eigenvalue weighted by Crippen LogP contribution is 2.41. The first-order valence-electron chi connectivity index (χ1n) is 10.0. The fraction of sp³-hybridized carbons (Fsp3) is 0.391. The van der Waals surface area contributed by atoms with Gasteiger partial charge in [0.25, 0.3) is 0 Å². The van der Waals surface area contributed by atoms with Crippen LogP contribution in [-0.2, 0) is 9.59 Å². The SMILES string of the molecule is CC(=O)N1[C@H](CO)[C@H](c2ccc(-c3ccc(F)cc3)cc2)[C@H]1CNC(=O)C1CC1. The van der Waals surface area contributed by atoms with Crippen molar-refractivity contribution < 1.29 is 19.1 Å². The minimum Gasteiger partial charge on any atom is -0.394 e. The van der Waals surface area contributed by atoms with E-state index in [2.05, 4.69) is 5.32 Å². The van der Waals surface area contributed by atoms with Crippen LogP contribution < -0.4 is 5.32 Å². The molecule has 5 nitrogen and oxygen atoms in total. The van der Waals surface area contributed by atoms with Gasteiger partial charge in [0.1, 0.15) is 5.82 Å². The van der Waals surface area contributed by atoms with Crippen LogP contribution in [0.2, 0.25) is 0 Å². The summed E-state index contributed by atoms with van der Waals surface area (Å²) in [7, 11) is 0. The number of aliphatic hydroxyl groups excluding tert-OH is 1. The van der Waals surface area contributed by atoms with Gasteiger partial charge >= 0.3 is 0 Å². The van der Waals surface area contributed by atoms with Crippen molar-refractivity contribution in [2.45, 2.75) is 37.8 Å². The first-order valence-corrected chi connectivity index (χ1v) is 10.0. The maximum Gasteiger partial charge on any atom is 0.223 e. The largest absolute Gasteiger partial charge is 0.394 e. The highest BCUT2D eigenvalue weighted by Gasteiger charge is 2.50. The van der Waals surface area contributed by atoms with Crippen LogP contribution in [0.4, 0.5) is 4.39 Å². The van der Waals surface area contributed by atoms with Crippen LogP contribution in [0.25, 0.3) is 11.1 Å². The van der Waals surface area contributed by atoms with E-state index in [1.807, 2.05) is 24.3 Å². The lowest BCUT2D eigenvalue weighted by Crippen LogP contribution is -2.68. The predicted octanol–water partition coefficient (Wildman–Crippen LogP) is 2.69. The third-order valence-corrected chi connectivity index (χ3v) is 6.00. The smallest absolute Gasteiger partial charge is 0.223 e. The quantitative estimate of drug-likeness (QED) is 0.789. The van der Waals surface area contributed by atoms with Gasteiger partial charge in [-0.1, -0.05) is 36.4 Å². The Morgan fingerprint density at radius 2 is 1.62 bits per heavy atom. The Hall–Kier alpha value is -2.73. The van der Waals surface area contributed by atoms with Crippen LogP contribution >= 0.6 is 0 Å². The number of hydrogen-bond acceptors (Lipinski definition) is 3. The maximum absolute atomic E-state index is 13.2. The van der Waals surface area contributed by atoms with E-state index in [1.54, 1.807) is 17.0 Å². The lowest BCUT2D eigenvalue weighted by Gasteiger charge is -2.54. The molecule has 2 aromatic carbocycles. The zero-order valence-corrected chi connectivity index (χ0v) is 16.3. The average Bonchev–Trinajstić information content (AvgIpc) is 3.53. The molecule has 1 saturated carbocycles. The van der Waals surface area contributed by atoms with Gasteiger partial charge in [0.15, 0.2) is 0 Å². The van der Waals surface area contributed by atoms with Crippen LogP contribution in [0.15, 0.2) is 48.5 Å². The minimum absolute atomic E-state index is 0.0476. The zero-order valence-electron chi connectivity index (χ0n) is 16.3. The summed E-state index contributed by atoms with van der Waals surface area (Å²) in [4.78, 5) is 25.8. The van der Waals surface area contributed by atoms with Gasteiger partial charge in [0, 0.05) is 25.3 Å². The Labute approximate surface area is 169 Å². The summed E-state index contributed by atoms with van der Waals surface area (Å²) in [5, 5.41) is 12.8. The van der Waals surface area contributed by atoms with E-state index in [1.165, 1.54) is 19.1 Å². The molecule has 152 valence electrons. The summed E-state index contributed by atoms with van der Waals surface area (Å²) in [5.74, 6) is -0.264. The molecular weight excluding hydrogens is 371 g/mol. The van der Waals surface area contributed by atoms with Crippen LogP contribution in [-0.4, -0.2) is 47.1 Å². The standard InChI is InChI=1S/C23H25FN2O3/c1-14(28)26-20(12-25-23(29)18-6-7-18)22(21(26)13-27)17-4-2-15(3-5-17)16-8-10-19(24)11-9-16/h2-5,8-11,18,20-22,27H,6-7,12-13H2,1H3,(H,25,29)/t20-,21-,22-/m1/s1. The fourth-order valence-electron chi connectivity index (χ4n) is 4.32. The number of nitrogens with zero attached hydrogens (tertiary/aromatic N) is 1. The molecular formula is C23H25FN2O3. The Bertz CT molecular complexity index is 893. The Balaban J connectivity index is 1.53. The number of hydrogen-bond donors (Lipinski definition) is 2. The lowest BCUT2D eigenvalue weighted by atomic mass is 9.74. The molecule has 2 aromatic rings. The molecule has 0 unspecified atom stereocenters. The van der Waals surface area contributed by atoms with E-state index >= 15 is 0 Å². The number of halogens is 1.